The van der Waals surface area contributed by atoms with Crippen LogP contribution >= 0.6 is 27.5 Å². The quantitative estimate of drug-likeness (QED) is 0.351. The summed E-state index contributed by atoms with van der Waals surface area (Å²) in [6.07, 6.45) is 1.80. The van der Waals surface area contributed by atoms with Gasteiger partial charge in [0.15, 0.2) is 5.65 Å². The first-order valence-corrected chi connectivity index (χ1v) is 8.72. The van der Waals surface area contributed by atoms with Crippen LogP contribution in [0.15, 0.2) is 59.1 Å². The summed E-state index contributed by atoms with van der Waals surface area (Å²) in [6.45, 7) is 0. The Morgan fingerprint density at radius 1 is 1.07 bits per heavy atom. The van der Waals surface area contributed by atoms with Crippen molar-refractivity contribution < 1.29 is 33.5 Å². The van der Waals surface area contributed by atoms with Gasteiger partial charge in [-0.2, -0.15) is 11.2 Å². The molecule has 0 amide bonds. The molecule has 4 aromatic rings. The first-order chi connectivity index (χ1) is 12.5. The Labute approximate surface area is 185 Å². The van der Waals surface area contributed by atoms with Crippen LogP contribution in [0.1, 0.15) is 5.69 Å². The molecular weight excluding hydrogens is 444 g/mol. The van der Waals surface area contributed by atoms with Crippen LogP contribution in [0.4, 0.5) is 4.39 Å². The molecule has 2 aromatic carbocycles. The maximum Gasteiger partial charge on any atom is 1.00 e. The second kappa shape index (κ2) is 8.99. The van der Waals surface area contributed by atoms with Gasteiger partial charge in [-0.05, 0) is 41.6 Å². The Morgan fingerprint density at radius 2 is 1.79 bits per heavy atom. The summed E-state index contributed by atoms with van der Waals surface area (Å²) in [6, 6.07) is 15.1. The summed E-state index contributed by atoms with van der Waals surface area (Å²) < 4.78 is 16.5. The molecule has 5 nitrogen and oxygen atoms in total. The molecule has 0 aliphatic carbocycles. The van der Waals surface area contributed by atoms with Gasteiger partial charge < -0.3 is 10.3 Å². The molecule has 4 rings (SSSR count). The van der Waals surface area contributed by atoms with Crippen molar-refractivity contribution in [3.63, 3.8) is 0 Å². The summed E-state index contributed by atoms with van der Waals surface area (Å²) >= 11 is 9.19. The van der Waals surface area contributed by atoms with E-state index in [1.807, 2.05) is 12.1 Å². The van der Waals surface area contributed by atoms with Crippen molar-refractivity contribution in [2.45, 2.75) is 0 Å². The molecule has 0 atom stereocenters. The Kier molecular flexibility index (Phi) is 7.15. The molecule has 0 fully saturated rings. The number of carbonyl (C=O) groups excluding carboxylic acids is 1. The van der Waals surface area contributed by atoms with E-state index in [2.05, 4.69) is 26.0 Å². The van der Waals surface area contributed by atoms with Crippen LogP contribution < -0.4 is 18.9 Å². The zero-order valence-corrected chi connectivity index (χ0v) is 16.9. The Bertz CT molecular complexity index is 1150. The average molecular weight is 454 g/mol. The van der Waals surface area contributed by atoms with Crippen molar-refractivity contribution >= 4 is 39.5 Å². The third-order valence-electron chi connectivity index (χ3n) is 3.88. The number of benzene rings is 2. The molecule has 2 heterocycles. The van der Waals surface area contributed by atoms with E-state index < -0.39 is 5.82 Å². The SMILES string of the molecule is O=[C-]c1cc(-c2ccc(Cl)cc2)n2nc(-c3ccc(Br)cc3F)cc2n1.[Li+].[OH-]. The minimum Gasteiger partial charge on any atom is -0.870 e. The van der Waals surface area contributed by atoms with Crippen molar-refractivity contribution in [2.24, 2.45) is 0 Å². The number of hydrogen-bond donors (Lipinski definition) is 0. The molecule has 1 N–H and O–H groups in total. The molecule has 0 aliphatic heterocycles. The van der Waals surface area contributed by atoms with Gasteiger partial charge in [-0.3, -0.25) is 4.98 Å². The largest absolute Gasteiger partial charge is 1.00 e. The van der Waals surface area contributed by atoms with Gasteiger partial charge in [0.25, 0.3) is 0 Å². The number of nitrogens with zero attached hydrogens (tertiary/aromatic N) is 3. The van der Waals surface area contributed by atoms with Crippen LogP contribution in [0.25, 0.3) is 28.2 Å². The fourth-order valence-corrected chi connectivity index (χ4v) is 3.14. The summed E-state index contributed by atoms with van der Waals surface area (Å²) in [5.41, 5.74) is 2.76. The van der Waals surface area contributed by atoms with E-state index in [1.54, 1.807) is 47.2 Å². The Morgan fingerprint density at radius 3 is 2.43 bits per heavy atom. The minimum atomic E-state index is -0.405. The fraction of sp³-hybridized carbons (Fsp3) is 0. The molecule has 2 aromatic heterocycles. The van der Waals surface area contributed by atoms with E-state index in [-0.39, 0.29) is 30.0 Å². The van der Waals surface area contributed by atoms with Gasteiger partial charge in [-0.15, -0.1) is 0 Å². The van der Waals surface area contributed by atoms with E-state index >= 15 is 0 Å². The number of aromatic nitrogens is 3. The minimum absolute atomic E-state index is 0. The van der Waals surface area contributed by atoms with E-state index in [0.717, 1.165) is 5.56 Å². The van der Waals surface area contributed by atoms with Crippen LogP contribution in [0.3, 0.4) is 0 Å². The van der Waals surface area contributed by atoms with E-state index in [9.17, 15) is 9.18 Å². The summed E-state index contributed by atoms with van der Waals surface area (Å²) in [5.74, 6) is -0.405. The smallest absolute Gasteiger partial charge is 0.870 e. The van der Waals surface area contributed by atoms with Crippen LogP contribution in [-0.2, 0) is 4.79 Å². The zero-order chi connectivity index (χ0) is 18.3. The molecule has 9 heteroatoms. The Hall–Kier alpha value is -2.01. The van der Waals surface area contributed by atoms with Crippen LogP contribution in [-0.4, -0.2) is 26.4 Å². The molecule has 0 saturated heterocycles. The monoisotopic (exact) mass is 452 g/mol. The van der Waals surface area contributed by atoms with E-state index in [4.69, 9.17) is 11.6 Å². The molecule has 0 spiro atoms. The van der Waals surface area contributed by atoms with Crippen LogP contribution in [0, 0.1) is 5.82 Å². The van der Waals surface area contributed by atoms with Crippen molar-refractivity contribution in [2.75, 3.05) is 0 Å². The van der Waals surface area contributed by atoms with Crippen molar-refractivity contribution in [3.05, 3.63) is 75.6 Å². The molecule has 0 unspecified atom stereocenters. The van der Waals surface area contributed by atoms with Crippen LogP contribution in [0.5, 0.6) is 0 Å². The number of rotatable bonds is 3. The third kappa shape index (κ3) is 4.19. The molecule has 28 heavy (non-hydrogen) atoms. The van der Waals surface area contributed by atoms with Gasteiger partial charge in [-0.25, -0.2) is 8.91 Å². The summed E-state index contributed by atoms with van der Waals surface area (Å²) in [7, 11) is 0. The molecule has 0 bridgehead atoms. The molecule has 136 valence electrons. The maximum atomic E-state index is 14.3. The number of hydrogen-bond acceptors (Lipinski definition) is 4. The normalized spacial score (nSPS) is 10.2. The molecule has 0 aliphatic rings. The predicted molar refractivity (Wildman–Crippen MR) is 103 cm³/mol. The van der Waals surface area contributed by atoms with Crippen molar-refractivity contribution in [3.8, 4) is 22.5 Å². The summed E-state index contributed by atoms with van der Waals surface area (Å²) in [5, 5.41) is 5.08. The second-order valence-electron chi connectivity index (χ2n) is 5.56. The number of fused-ring (bicyclic) bond motifs is 1. The van der Waals surface area contributed by atoms with Crippen molar-refractivity contribution in [1.29, 1.82) is 0 Å². The maximum absolute atomic E-state index is 14.3. The van der Waals surface area contributed by atoms with Gasteiger partial charge in [0.1, 0.15) is 5.82 Å². The third-order valence-corrected chi connectivity index (χ3v) is 4.62. The zero-order valence-electron chi connectivity index (χ0n) is 14.5. The van der Waals surface area contributed by atoms with Gasteiger partial charge in [0, 0.05) is 27.4 Å². The molecule has 0 radical (unpaired) electrons. The van der Waals surface area contributed by atoms with Gasteiger partial charge >= 0.3 is 18.9 Å². The van der Waals surface area contributed by atoms with Gasteiger partial charge in [0.05, 0.1) is 5.69 Å². The second-order valence-corrected chi connectivity index (χ2v) is 6.91. The first-order valence-electron chi connectivity index (χ1n) is 7.55. The molecule has 0 saturated carbocycles. The van der Waals surface area contributed by atoms with E-state index in [0.29, 0.717) is 32.1 Å². The standard InChI is InChI=1S/C19H9BrClFN3O.Li.H2O/c20-12-3-6-15(16(22)7-12)17-9-19-23-14(10-26)8-18(25(19)24-17)11-1-4-13(21)5-2-11;;/h1-9H;;1H2/q-1;+1;/p-1. The molecular formula is C19H10BrClFLiN3O2-. The Balaban J connectivity index is 0.00000140. The van der Waals surface area contributed by atoms with Crippen molar-refractivity contribution in [1.82, 2.24) is 14.6 Å². The fourth-order valence-electron chi connectivity index (χ4n) is 2.68. The predicted octanol–water partition coefficient (Wildman–Crippen LogP) is 1.90. The van der Waals surface area contributed by atoms with E-state index in [1.165, 1.54) is 6.07 Å². The number of halogens is 3. The van der Waals surface area contributed by atoms with Gasteiger partial charge in [0.2, 0.25) is 0 Å². The topological polar surface area (TPSA) is 77.3 Å². The first kappa shape index (κ1) is 22.3. The summed E-state index contributed by atoms with van der Waals surface area (Å²) in [4.78, 5) is 15.4. The van der Waals surface area contributed by atoms with Gasteiger partial charge in [-0.1, -0.05) is 45.4 Å². The van der Waals surface area contributed by atoms with Crippen LogP contribution in [0.2, 0.25) is 5.02 Å². The average Bonchev–Trinajstić information content (AvgIpc) is 3.05.